The molecule has 2 N–H and O–H groups in total. The number of rotatable bonds is 6. The van der Waals surface area contributed by atoms with Gasteiger partial charge < -0.3 is 5.32 Å². The lowest BCUT2D eigenvalue weighted by Crippen LogP contribution is -2.24. The number of benzene rings is 2. The summed E-state index contributed by atoms with van der Waals surface area (Å²) in [6.07, 6.45) is 0.698. The molecule has 128 valence electrons. The summed E-state index contributed by atoms with van der Waals surface area (Å²) in [6.45, 7) is 2.24. The average Bonchev–Trinajstić information content (AvgIpc) is 2.56. The minimum absolute atomic E-state index is 0.113. The molecule has 0 saturated carbocycles. The molecule has 2 rings (SSSR count). The number of anilines is 1. The molecule has 0 spiro atoms. The monoisotopic (exact) mass is 386 g/mol. The predicted molar refractivity (Wildman–Crippen MR) is 96.3 cm³/mol. The van der Waals surface area contributed by atoms with E-state index in [9.17, 15) is 13.2 Å². The van der Waals surface area contributed by atoms with Crippen LogP contribution in [0.1, 0.15) is 23.7 Å². The standard InChI is InChI=1S/C16H16Cl2N2O3S/c1-2-9-19-24(22,23)13-6-3-11(4-7-13)16(21)20-12-5-8-14(17)15(18)10-12/h3-8,10,19H,2,9H2,1H3,(H,20,21). The molecule has 0 unspecified atom stereocenters. The molecule has 0 atom stereocenters. The second-order valence-electron chi connectivity index (χ2n) is 5.01. The van der Waals surface area contributed by atoms with Gasteiger partial charge in [0.2, 0.25) is 10.0 Å². The van der Waals surface area contributed by atoms with Crippen LogP contribution in [0.4, 0.5) is 5.69 Å². The molecule has 2 aromatic rings. The lowest BCUT2D eigenvalue weighted by Gasteiger charge is -2.08. The van der Waals surface area contributed by atoms with Crippen molar-refractivity contribution in [3.8, 4) is 0 Å². The smallest absolute Gasteiger partial charge is 0.255 e. The maximum Gasteiger partial charge on any atom is 0.255 e. The Morgan fingerprint density at radius 3 is 2.29 bits per heavy atom. The van der Waals surface area contributed by atoms with Crippen LogP contribution < -0.4 is 10.0 Å². The maximum absolute atomic E-state index is 12.2. The fourth-order valence-corrected chi connectivity index (χ4v) is 3.31. The number of hydrogen-bond donors (Lipinski definition) is 2. The van der Waals surface area contributed by atoms with Gasteiger partial charge in [-0.05, 0) is 48.9 Å². The van der Waals surface area contributed by atoms with Gasteiger partial charge in [0.15, 0.2) is 0 Å². The van der Waals surface area contributed by atoms with Crippen molar-refractivity contribution in [3.63, 3.8) is 0 Å². The van der Waals surface area contributed by atoms with Crippen molar-refractivity contribution < 1.29 is 13.2 Å². The predicted octanol–water partition coefficient (Wildman–Crippen LogP) is 3.93. The minimum Gasteiger partial charge on any atom is -0.322 e. The van der Waals surface area contributed by atoms with Crippen LogP contribution in [0.5, 0.6) is 0 Å². The summed E-state index contributed by atoms with van der Waals surface area (Å²) in [7, 11) is -3.55. The third kappa shape index (κ3) is 4.70. The highest BCUT2D eigenvalue weighted by Gasteiger charge is 2.14. The molecule has 0 heterocycles. The van der Waals surface area contributed by atoms with Crippen molar-refractivity contribution >= 4 is 44.8 Å². The molecule has 0 aliphatic rings. The van der Waals surface area contributed by atoms with Crippen LogP contribution >= 0.6 is 23.2 Å². The van der Waals surface area contributed by atoms with E-state index in [0.717, 1.165) is 0 Å². The van der Waals surface area contributed by atoms with E-state index < -0.39 is 10.0 Å². The molecule has 2 aromatic carbocycles. The Kier molecular flexibility index (Phi) is 6.23. The summed E-state index contributed by atoms with van der Waals surface area (Å²) < 4.78 is 26.5. The van der Waals surface area contributed by atoms with Gasteiger partial charge in [-0.3, -0.25) is 4.79 Å². The molecule has 5 nitrogen and oxygen atoms in total. The Balaban J connectivity index is 2.12. The van der Waals surface area contributed by atoms with Crippen molar-refractivity contribution in [2.75, 3.05) is 11.9 Å². The molecule has 0 fully saturated rings. The minimum atomic E-state index is -3.55. The zero-order valence-corrected chi connectivity index (χ0v) is 15.2. The second kappa shape index (κ2) is 7.98. The highest BCUT2D eigenvalue weighted by atomic mass is 35.5. The van der Waals surface area contributed by atoms with Gasteiger partial charge in [0.25, 0.3) is 5.91 Å². The number of sulfonamides is 1. The van der Waals surface area contributed by atoms with E-state index in [4.69, 9.17) is 23.2 Å². The molecule has 0 aromatic heterocycles. The van der Waals surface area contributed by atoms with Gasteiger partial charge in [-0.25, -0.2) is 13.1 Å². The first-order valence-corrected chi connectivity index (χ1v) is 9.43. The van der Waals surface area contributed by atoms with Gasteiger partial charge in [0.05, 0.1) is 14.9 Å². The zero-order valence-electron chi connectivity index (χ0n) is 12.8. The molecule has 0 saturated heterocycles. The SMILES string of the molecule is CCCNS(=O)(=O)c1ccc(C(=O)Nc2ccc(Cl)c(Cl)c2)cc1. The van der Waals surface area contributed by atoms with Crippen molar-refractivity contribution in [3.05, 3.63) is 58.1 Å². The third-order valence-corrected chi connectivity index (χ3v) is 5.36. The van der Waals surface area contributed by atoms with Gasteiger partial charge in [0.1, 0.15) is 0 Å². The molecule has 0 aliphatic heterocycles. The summed E-state index contributed by atoms with van der Waals surface area (Å²) in [5.41, 5.74) is 0.825. The molecule has 1 amide bonds. The van der Waals surface area contributed by atoms with Gasteiger partial charge in [-0.1, -0.05) is 30.1 Å². The van der Waals surface area contributed by atoms with Crippen LogP contribution in [-0.4, -0.2) is 20.9 Å². The van der Waals surface area contributed by atoms with Gasteiger partial charge in [0, 0.05) is 17.8 Å². The Morgan fingerprint density at radius 1 is 1.04 bits per heavy atom. The van der Waals surface area contributed by atoms with E-state index in [0.29, 0.717) is 34.3 Å². The van der Waals surface area contributed by atoms with Crippen molar-refractivity contribution in [2.45, 2.75) is 18.2 Å². The van der Waals surface area contributed by atoms with Gasteiger partial charge >= 0.3 is 0 Å². The van der Waals surface area contributed by atoms with Gasteiger partial charge in [-0.2, -0.15) is 0 Å². The first-order valence-electron chi connectivity index (χ1n) is 7.19. The lowest BCUT2D eigenvalue weighted by atomic mass is 10.2. The number of carbonyl (C=O) groups excluding carboxylic acids is 1. The van der Waals surface area contributed by atoms with Crippen molar-refractivity contribution in [1.29, 1.82) is 0 Å². The first kappa shape index (κ1) is 18.7. The summed E-state index contributed by atoms with van der Waals surface area (Å²) in [4.78, 5) is 12.3. The van der Waals surface area contributed by atoms with E-state index in [-0.39, 0.29) is 10.8 Å². The topological polar surface area (TPSA) is 75.3 Å². The van der Waals surface area contributed by atoms with Crippen LogP contribution in [0.15, 0.2) is 47.4 Å². The fourth-order valence-electron chi connectivity index (χ4n) is 1.88. The van der Waals surface area contributed by atoms with Gasteiger partial charge in [-0.15, -0.1) is 0 Å². The van der Waals surface area contributed by atoms with E-state index in [1.807, 2.05) is 6.92 Å². The number of nitrogens with one attached hydrogen (secondary N) is 2. The summed E-state index contributed by atoms with van der Waals surface area (Å²) >= 11 is 11.7. The van der Waals surface area contributed by atoms with Crippen LogP contribution in [0.2, 0.25) is 10.0 Å². The normalized spacial score (nSPS) is 11.3. The molecule has 0 aliphatic carbocycles. The molecule has 8 heteroatoms. The van der Waals surface area contributed by atoms with Crippen molar-refractivity contribution in [2.24, 2.45) is 0 Å². The van der Waals surface area contributed by atoms with E-state index >= 15 is 0 Å². The Bertz CT molecular complexity index is 837. The molecule has 24 heavy (non-hydrogen) atoms. The molecular formula is C16H16Cl2N2O3S. The third-order valence-electron chi connectivity index (χ3n) is 3.15. The van der Waals surface area contributed by atoms with Crippen LogP contribution in [0, 0.1) is 0 Å². The fraction of sp³-hybridized carbons (Fsp3) is 0.188. The number of hydrogen-bond acceptors (Lipinski definition) is 3. The second-order valence-corrected chi connectivity index (χ2v) is 7.59. The van der Waals surface area contributed by atoms with E-state index in [1.54, 1.807) is 12.1 Å². The summed E-state index contributed by atoms with van der Waals surface area (Å²) in [6, 6.07) is 10.4. The molecule has 0 bridgehead atoms. The van der Waals surface area contributed by atoms with Crippen LogP contribution in [0.25, 0.3) is 0 Å². The van der Waals surface area contributed by atoms with Crippen LogP contribution in [0.3, 0.4) is 0 Å². The maximum atomic E-state index is 12.2. The number of halogens is 2. The summed E-state index contributed by atoms with van der Waals surface area (Å²) in [5, 5.41) is 3.40. The first-order chi connectivity index (χ1) is 11.3. The quantitative estimate of drug-likeness (QED) is 0.789. The largest absolute Gasteiger partial charge is 0.322 e. The Hall–Kier alpha value is -1.60. The highest BCUT2D eigenvalue weighted by Crippen LogP contribution is 2.25. The average molecular weight is 387 g/mol. The summed E-state index contributed by atoms with van der Waals surface area (Å²) in [5.74, 6) is -0.376. The Morgan fingerprint density at radius 2 is 1.71 bits per heavy atom. The zero-order chi connectivity index (χ0) is 17.7. The van der Waals surface area contributed by atoms with Crippen molar-refractivity contribution in [1.82, 2.24) is 4.72 Å². The number of amides is 1. The van der Waals surface area contributed by atoms with E-state index in [2.05, 4.69) is 10.0 Å². The van der Waals surface area contributed by atoms with E-state index in [1.165, 1.54) is 30.3 Å². The lowest BCUT2D eigenvalue weighted by molar-refractivity contribution is 0.102. The number of carbonyl (C=O) groups is 1. The molecular weight excluding hydrogens is 371 g/mol. The molecule has 0 radical (unpaired) electrons. The highest BCUT2D eigenvalue weighted by molar-refractivity contribution is 7.89. The Labute approximate surface area is 151 Å². The van der Waals surface area contributed by atoms with Crippen LogP contribution in [-0.2, 0) is 10.0 Å².